The summed E-state index contributed by atoms with van der Waals surface area (Å²) in [4.78, 5) is 14.6. The summed E-state index contributed by atoms with van der Waals surface area (Å²) in [7, 11) is 3.28. The molecular formula is C22H28N2O3. The quantitative estimate of drug-likeness (QED) is 0.845. The molecule has 0 aromatic heterocycles. The maximum atomic E-state index is 12.7. The van der Waals surface area contributed by atoms with Crippen LogP contribution < -0.4 is 14.8 Å². The number of anilines is 1. The summed E-state index contributed by atoms with van der Waals surface area (Å²) in [5, 5.41) is 3.39. The molecule has 1 aliphatic heterocycles. The highest BCUT2D eigenvalue weighted by Crippen LogP contribution is 2.33. The molecule has 1 aliphatic rings. The lowest BCUT2D eigenvalue weighted by atomic mass is 9.98. The van der Waals surface area contributed by atoms with Gasteiger partial charge >= 0.3 is 0 Å². The fourth-order valence-corrected chi connectivity index (χ4v) is 3.50. The van der Waals surface area contributed by atoms with Crippen molar-refractivity contribution in [1.29, 1.82) is 0 Å². The predicted molar refractivity (Wildman–Crippen MR) is 108 cm³/mol. The average Bonchev–Trinajstić information content (AvgIpc) is 2.69. The molecular weight excluding hydrogens is 340 g/mol. The molecule has 2 aromatic rings. The minimum atomic E-state index is 0.174. The standard InChI is InChI=1S/C22H28N2O3/c1-15-6-5-7-19(16(15)2)23-10-8-22(25)24-11-9-17-12-20(26-3)21(27-4)13-18(17)14-24/h5-7,12-13,23H,8-11,14H2,1-4H3. The van der Waals surface area contributed by atoms with Crippen molar-refractivity contribution in [2.45, 2.75) is 33.2 Å². The number of carbonyl (C=O) groups is 1. The molecule has 2 aromatic carbocycles. The number of fused-ring (bicyclic) bond motifs is 1. The molecule has 5 heteroatoms. The zero-order chi connectivity index (χ0) is 19.4. The first-order chi connectivity index (χ1) is 13.0. The number of amides is 1. The molecule has 0 fully saturated rings. The van der Waals surface area contributed by atoms with E-state index in [1.54, 1.807) is 14.2 Å². The van der Waals surface area contributed by atoms with E-state index in [0.717, 1.165) is 30.0 Å². The van der Waals surface area contributed by atoms with Crippen LogP contribution in [0.3, 0.4) is 0 Å². The van der Waals surface area contributed by atoms with Crippen LogP contribution in [0.5, 0.6) is 11.5 Å². The molecule has 1 amide bonds. The van der Waals surface area contributed by atoms with Gasteiger partial charge in [0.1, 0.15) is 0 Å². The third kappa shape index (κ3) is 4.18. The van der Waals surface area contributed by atoms with E-state index in [4.69, 9.17) is 9.47 Å². The maximum absolute atomic E-state index is 12.7. The highest BCUT2D eigenvalue weighted by molar-refractivity contribution is 5.77. The molecule has 0 saturated heterocycles. The average molecular weight is 368 g/mol. The zero-order valence-corrected chi connectivity index (χ0v) is 16.6. The molecule has 27 heavy (non-hydrogen) atoms. The van der Waals surface area contributed by atoms with Crippen LogP contribution in [0.4, 0.5) is 5.69 Å². The molecule has 1 N–H and O–H groups in total. The Morgan fingerprint density at radius 1 is 1.11 bits per heavy atom. The van der Waals surface area contributed by atoms with Gasteiger partial charge in [-0.1, -0.05) is 12.1 Å². The lowest BCUT2D eigenvalue weighted by Gasteiger charge is -2.30. The van der Waals surface area contributed by atoms with E-state index in [-0.39, 0.29) is 5.91 Å². The van der Waals surface area contributed by atoms with Crippen LogP contribution in [0.15, 0.2) is 30.3 Å². The molecule has 3 rings (SSSR count). The zero-order valence-electron chi connectivity index (χ0n) is 16.6. The monoisotopic (exact) mass is 368 g/mol. The molecule has 0 atom stereocenters. The summed E-state index contributed by atoms with van der Waals surface area (Å²) in [6, 6.07) is 10.2. The van der Waals surface area contributed by atoms with Gasteiger partial charge in [-0.05, 0) is 60.7 Å². The third-order valence-corrected chi connectivity index (χ3v) is 5.33. The molecule has 0 bridgehead atoms. The number of methoxy groups -OCH3 is 2. The van der Waals surface area contributed by atoms with Crippen LogP contribution in [0.2, 0.25) is 0 Å². The molecule has 0 spiro atoms. The second-order valence-electron chi connectivity index (χ2n) is 6.97. The fraction of sp³-hybridized carbons (Fsp3) is 0.409. The number of hydrogen-bond acceptors (Lipinski definition) is 4. The lowest BCUT2D eigenvalue weighted by Crippen LogP contribution is -2.36. The van der Waals surface area contributed by atoms with E-state index >= 15 is 0 Å². The Labute approximate surface area is 161 Å². The summed E-state index contributed by atoms with van der Waals surface area (Å²) >= 11 is 0. The number of benzene rings is 2. The molecule has 0 saturated carbocycles. The van der Waals surface area contributed by atoms with Crippen LogP contribution in [0.1, 0.15) is 28.7 Å². The molecule has 0 radical (unpaired) electrons. The summed E-state index contributed by atoms with van der Waals surface area (Å²) in [6.07, 6.45) is 1.32. The minimum absolute atomic E-state index is 0.174. The van der Waals surface area contributed by atoms with Crippen molar-refractivity contribution in [3.8, 4) is 11.5 Å². The largest absolute Gasteiger partial charge is 0.493 e. The maximum Gasteiger partial charge on any atom is 0.224 e. The van der Waals surface area contributed by atoms with Crippen molar-refractivity contribution in [2.75, 3.05) is 32.6 Å². The van der Waals surface area contributed by atoms with Crippen LogP contribution in [-0.4, -0.2) is 38.1 Å². The van der Waals surface area contributed by atoms with Gasteiger partial charge in [0.15, 0.2) is 11.5 Å². The van der Waals surface area contributed by atoms with Crippen molar-refractivity contribution in [1.82, 2.24) is 4.90 Å². The van der Waals surface area contributed by atoms with E-state index in [0.29, 0.717) is 25.3 Å². The van der Waals surface area contributed by atoms with Crippen molar-refractivity contribution in [2.24, 2.45) is 0 Å². The topological polar surface area (TPSA) is 50.8 Å². The SMILES string of the molecule is COc1cc2c(cc1OC)CN(C(=O)CCNc1cccc(C)c1C)CC2. The predicted octanol–water partition coefficient (Wildman–Crippen LogP) is 3.71. The lowest BCUT2D eigenvalue weighted by molar-refractivity contribution is -0.131. The second kappa shape index (κ2) is 8.33. The van der Waals surface area contributed by atoms with E-state index in [9.17, 15) is 4.79 Å². The number of carbonyl (C=O) groups excluding carboxylic acids is 1. The molecule has 0 aliphatic carbocycles. The molecule has 144 valence electrons. The van der Waals surface area contributed by atoms with Gasteiger partial charge in [0.25, 0.3) is 0 Å². The number of ether oxygens (including phenoxy) is 2. The van der Waals surface area contributed by atoms with Gasteiger partial charge in [-0.15, -0.1) is 0 Å². The summed E-state index contributed by atoms with van der Waals surface area (Å²) in [5.74, 6) is 1.63. The normalized spacial score (nSPS) is 13.1. The van der Waals surface area contributed by atoms with Gasteiger partial charge in [-0.25, -0.2) is 0 Å². The van der Waals surface area contributed by atoms with E-state index in [2.05, 4.69) is 31.3 Å². The Bertz CT molecular complexity index is 833. The highest BCUT2D eigenvalue weighted by Gasteiger charge is 2.22. The summed E-state index contributed by atoms with van der Waals surface area (Å²) < 4.78 is 10.8. The second-order valence-corrected chi connectivity index (χ2v) is 6.97. The van der Waals surface area contributed by atoms with Gasteiger partial charge in [-0.3, -0.25) is 4.79 Å². The van der Waals surface area contributed by atoms with Crippen LogP contribution >= 0.6 is 0 Å². The first kappa shape index (κ1) is 19.1. The number of nitrogens with one attached hydrogen (secondary N) is 1. The Morgan fingerprint density at radius 2 is 1.81 bits per heavy atom. The summed E-state index contributed by atoms with van der Waals surface area (Å²) in [6.45, 7) is 6.20. The Hall–Kier alpha value is -2.69. The third-order valence-electron chi connectivity index (χ3n) is 5.33. The number of aryl methyl sites for hydroxylation is 1. The van der Waals surface area contributed by atoms with Gasteiger partial charge in [0.2, 0.25) is 5.91 Å². The van der Waals surface area contributed by atoms with E-state index in [1.165, 1.54) is 16.7 Å². The fourth-order valence-electron chi connectivity index (χ4n) is 3.50. The first-order valence-electron chi connectivity index (χ1n) is 9.35. The van der Waals surface area contributed by atoms with Crippen molar-refractivity contribution in [3.63, 3.8) is 0 Å². The number of rotatable bonds is 6. The van der Waals surface area contributed by atoms with Gasteiger partial charge in [-0.2, -0.15) is 0 Å². The van der Waals surface area contributed by atoms with Gasteiger partial charge in [0.05, 0.1) is 14.2 Å². The Morgan fingerprint density at radius 3 is 2.52 bits per heavy atom. The van der Waals surface area contributed by atoms with Crippen LogP contribution in [-0.2, 0) is 17.8 Å². The van der Waals surface area contributed by atoms with Gasteiger partial charge < -0.3 is 19.7 Å². The minimum Gasteiger partial charge on any atom is -0.493 e. The summed E-state index contributed by atoms with van der Waals surface area (Å²) in [5.41, 5.74) is 5.95. The Kier molecular flexibility index (Phi) is 5.89. The van der Waals surface area contributed by atoms with Crippen LogP contribution in [0, 0.1) is 13.8 Å². The number of hydrogen-bond donors (Lipinski definition) is 1. The first-order valence-corrected chi connectivity index (χ1v) is 9.35. The Balaban J connectivity index is 1.60. The van der Waals surface area contributed by atoms with E-state index < -0.39 is 0 Å². The van der Waals surface area contributed by atoms with E-state index in [1.807, 2.05) is 23.1 Å². The molecule has 0 unspecified atom stereocenters. The van der Waals surface area contributed by atoms with Crippen molar-refractivity contribution >= 4 is 11.6 Å². The smallest absolute Gasteiger partial charge is 0.224 e. The van der Waals surface area contributed by atoms with Crippen molar-refractivity contribution < 1.29 is 14.3 Å². The molecule has 5 nitrogen and oxygen atoms in total. The molecule has 1 heterocycles. The van der Waals surface area contributed by atoms with Crippen LogP contribution in [0.25, 0.3) is 0 Å². The highest BCUT2D eigenvalue weighted by atomic mass is 16.5. The van der Waals surface area contributed by atoms with Gasteiger partial charge in [0, 0.05) is 31.7 Å². The number of nitrogens with zero attached hydrogens (tertiary/aromatic N) is 1. The van der Waals surface area contributed by atoms with Crippen molar-refractivity contribution in [3.05, 3.63) is 52.6 Å².